The maximum absolute atomic E-state index is 12.8. The minimum atomic E-state index is -0.334. The number of hydrogen-bond acceptors (Lipinski definition) is 4. The van der Waals surface area contributed by atoms with Crippen LogP contribution in [-0.2, 0) is 0 Å². The summed E-state index contributed by atoms with van der Waals surface area (Å²) < 4.78 is 5.85. The van der Waals surface area contributed by atoms with Gasteiger partial charge in [0.25, 0.3) is 11.8 Å². The first kappa shape index (κ1) is 15.9. The zero-order valence-corrected chi connectivity index (χ0v) is 14.1. The maximum Gasteiger partial charge on any atom is 0.266 e. The number of nitrogens with zero attached hydrogens (tertiary/aromatic N) is 1. The zero-order chi connectivity index (χ0) is 18.1. The Morgan fingerprint density at radius 1 is 0.769 bits per heavy atom. The van der Waals surface area contributed by atoms with Crippen LogP contribution in [0.15, 0.2) is 72.8 Å². The van der Waals surface area contributed by atoms with Crippen molar-refractivity contribution in [1.82, 2.24) is 0 Å². The second-order valence-corrected chi connectivity index (χ2v) is 5.84. The third-order valence-corrected chi connectivity index (χ3v) is 4.25. The standard InChI is InChI=1S/C21H16N2O3/c1-22-18-12-11-15(26-14-7-3-2-4-8-14)13-19(18)23-20(24)16-9-5-6-10-17(16)21(23)25/h2-13,22H,1H3. The van der Waals surface area contributed by atoms with E-state index in [1.807, 2.05) is 30.3 Å². The Kier molecular flexibility index (Phi) is 3.89. The van der Waals surface area contributed by atoms with Gasteiger partial charge < -0.3 is 10.1 Å². The number of hydrogen-bond donors (Lipinski definition) is 1. The molecule has 0 saturated carbocycles. The van der Waals surface area contributed by atoms with Gasteiger partial charge in [-0.25, -0.2) is 4.90 Å². The number of nitrogens with one attached hydrogen (secondary N) is 1. The van der Waals surface area contributed by atoms with Crippen molar-refractivity contribution in [3.63, 3.8) is 0 Å². The topological polar surface area (TPSA) is 58.6 Å². The van der Waals surface area contributed by atoms with Crippen molar-refractivity contribution in [1.29, 1.82) is 0 Å². The fraction of sp³-hybridized carbons (Fsp3) is 0.0476. The molecule has 5 nitrogen and oxygen atoms in total. The number of para-hydroxylation sites is 1. The molecule has 1 heterocycles. The number of ether oxygens (including phenoxy) is 1. The van der Waals surface area contributed by atoms with E-state index in [9.17, 15) is 9.59 Å². The van der Waals surface area contributed by atoms with Crippen molar-refractivity contribution in [2.24, 2.45) is 0 Å². The van der Waals surface area contributed by atoms with Crippen LogP contribution in [0.1, 0.15) is 20.7 Å². The fourth-order valence-corrected chi connectivity index (χ4v) is 3.00. The predicted octanol–water partition coefficient (Wildman–Crippen LogP) is 4.32. The molecule has 0 saturated heterocycles. The largest absolute Gasteiger partial charge is 0.457 e. The SMILES string of the molecule is CNc1ccc(Oc2ccccc2)cc1N1C(=O)c2ccccc2C1=O. The Morgan fingerprint density at radius 2 is 1.38 bits per heavy atom. The molecule has 0 fully saturated rings. The van der Waals surface area contributed by atoms with E-state index in [-0.39, 0.29) is 11.8 Å². The summed E-state index contributed by atoms with van der Waals surface area (Å²) >= 11 is 0. The molecule has 0 aromatic heterocycles. The highest BCUT2D eigenvalue weighted by Gasteiger charge is 2.37. The Hall–Kier alpha value is -3.60. The molecule has 1 aliphatic rings. The second kappa shape index (κ2) is 6.37. The van der Waals surface area contributed by atoms with E-state index in [0.29, 0.717) is 34.0 Å². The van der Waals surface area contributed by atoms with E-state index in [1.54, 1.807) is 49.5 Å². The first-order chi connectivity index (χ1) is 12.7. The molecule has 3 aromatic carbocycles. The fourth-order valence-electron chi connectivity index (χ4n) is 3.00. The lowest BCUT2D eigenvalue weighted by Crippen LogP contribution is -2.30. The van der Waals surface area contributed by atoms with Crippen LogP contribution in [0.2, 0.25) is 0 Å². The van der Waals surface area contributed by atoms with Crippen LogP contribution in [0.5, 0.6) is 11.5 Å². The zero-order valence-electron chi connectivity index (χ0n) is 14.1. The molecule has 4 rings (SSSR count). The van der Waals surface area contributed by atoms with Gasteiger partial charge >= 0.3 is 0 Å². The molecule has 26 heavy (non-hydrogen) atoms. The lowest BCUT2D eigenvalue weighted by atomic mass is 10.1. The Bertz CT molecular complexity index is 964. The highest BCUT2D eigenvalue weighted by Crippen LogP contribution is 2.37. The summed E-state index contributed by atoms with van der Waals surface area (Å²) in [4.78, 5) is 26.8. The van der Waals surface area contributed by atoms with E-state index in [2.05, 4.69) is 5.32 Å². The van der Waals surface area contributed by atoms with Crippen LogP contribution >= 0.6 is 0 Å². The van der Waals surface area contributed by atoms with Gasteiger partial charge in [-0.3, -0.25) is 9.59 Å². The number of amides is 2. The van der Waals surface area contributed by atoms with Gasteiger partial charge in [-0.1, -0.05) is 30.3 Å². The first-order valence-electron chi connectivity index (χ1n) is 8.21. The molecule has 0 atom stereocenters. The third kappa shape index (κ3) is 2.59. The predicted molar refractivity (Wildman–Crippen MR) is 100 cm³/mol. The van der Waals surface area contributed by atoms with Crippen molar-refractivity contribution >= 4 is 23.2 Å². The van der Waals surface area contributed by atoms with Gasteiger partial charge in [0, 0.05) is 13.1 Å². The number of fused-ring (bicyclic) bond motifs is 1. The molecular weight excluding hydrogens is 328 g/mol. The van der Waals surface area contributed by atoms with E-state index < -0.39 is 0 Å². The summed E-state index contributed by atoms with van der Waals surface area (Å²) in [5.41, 5.74) is 1.95. The van der Waals surface area contributed by atoms with E-state index in [1.165, 1.54) is 4.90 Å². The molecular formula is C21H16N2O3. The summed E-state index contributed by atoms with van der Waals surface area (Å²) in [6, 6.07) is 21.5. The smallest absolute Gasteiger partial charge is 0.266 e. The highest BCUT2D eigenvalue weighted by atomic mass is 16.5. The highest BCUT2D eigenvalue weighted by molar-refractivity contribution is 6.35. The number of rotatable bonds is 4. The molecule has 0 radical (unpaired) electrons. The molecule has 1 N–H and O–H groups in total. The summed E-state index contributed by atoms with van der Waals surface area (Å²) in [5.74, 6) is 0.553. The maximum atomic E-state index is 12.8. The average molecular weight is 344 g/mol. The van der Waals surface area contributed by atoms with Gasteiger partial charge in [0.05, 0.1) is 22.5 Å². The monoisotopic (exact) mass is 344 g/mol. The summed E-state index contributed by atoms with van der Waals surface area (Å²) in [6.45, 7) is 0. The average Bonchev–Trinajstić information content (AvgIpc) is 2.93. The van der Waals surface area contributed by atoms with Crippen LogP contribution in [0.25, 0.3) is 0 Å². The molecule has 2 amide bonds. The van der Waals surface area contributed by atoms with Gasteiger partial charge in [0.1, 0.15) is 11.5 Å². The van der Waals surface area contributed by atoms with Gasteiger partial charge in [-0.2, -0.15) is 0 Å². The van der Waals surface area contributed by atoms with Crippen LogP contribution in [0.3, 0.4) is 0 Å². The quantitative estimate of drug-likeness (QED) is 0.716. The van der Waals surface area contributed by atoms with Crippen LogP contribution in [0, 0.1) is 0 Å². The normalized spacial score (nSPS) is 12.9. The molecule has 128 valence electrons. The lowest BCUT2D eigenvalue weighted by Gasteiger charge is -2.19. The number of imide groups is 1. The number of anilines is 2. The Morgan fingerprint density at radius 3 is 2.00 bits per heavy atom. The number of benzene rings is 3. The van der Waals surface area contributed by atoms with Crippen molar-refractivity contribution in [3.05, 3.63) is 83.9 Å². The molecule has 0 spiro atoms. The van der Waals surface area contributed by atoms with E-state index in [4.69, 9.17) is 4.74 Å². The summed E-state index contributed by atoms with van der Waals surface area (Å²) in [7, 11) is 1.74. The Balaban J connectivity index is 1.75. The molecule has 0 aliphatic carbocycles. The lowest BCUT2D eigenvalue weighted by molar-refractivity contribution is 0.0926. The van der Waals surface area contributed by atoms with Gasteiger partial charge in [-0.15, -0.1) is 0 Å². The molecule has 3 aromatic rings. The minimum Gasteiger partial charge on any atom is -0.457 e. The number of carbonyl (C=O) groups is 2. The van der Waals surface area contributed by atoms with Gasteiger partial charge in [-0.05, 0) is 36.4 Å². The molecule has 0 unspecified atom stereocenters. The summed E-state index contributed by atoms with van der Waals surface area (Å²) in [5, 5.41) is 3.03. The van der Waals surface area contributed by atoms with E-state index >= 15 is 0 Å². The summed E-state index contributed by atoms with van der Waals surface area (Å²) in [6.07, 6.45) is 0. The van der Waals surface area contributed by atoms with Crippen LogP contribution < -0.4 is 15.0 Å². The third-order valence-electron chi connectivity index (χ3n) is 4.25. The second-order valence-electron chi connectivity index (χ2n) is 5.84. The first-order valence-corrected chi connectivity index (χ1v) is 8.21. The van der Waals surface area contributed by atoms with Crippen molar-refractivity contribution in [2.75, 3.05) is 17.3 Å². The van der Waals surface area contributed by atoms with Crippen LogP contribution in [0.4, 0.5) is 11.4 Å². The molecule has 0 bridgehead atoms. The van der Waals surface area contributed by atoms with Crippen molar-refractivity contribution in [2.45, 2.75) is 0 Å². The number of carbonyl (C=O) groups excluding carboxylic acids is 2. The van der Waals surface area contributed by atoms with E-state index in [0.717, 1.165) is 0 Å². The van der Waals surface area contributed by atoms with Gasteiger partial charge in [0.2, 0.25) is 0 Å². The van der Waals surface area contributed by atoms with Crippen molar-refractivity contribution in [3.8, 4) is 11.5 Å². The van der Waals surface area contributed by atoms with Gasteiger partial charge in [0.15, 0.2) is 0 Å². The van der Waals surface area contributed by atoms with Crippen molar-refractivity contribution < 1.29 is 14.3 Å². The van der Waals surface area contributed by atoms with Crippen LogP contribution in [-0.4, -0.2) is 18.9 Å². The minimum absolute atomic E-state index is 0.334. The Labute approximate surface area is 150 Å². The molecule has 1 aliphatic heterocycles. The molecule has 5 heteroatoms.